The van der Waals surface area contributed by atoms with Gasteiger partial charge in [-0.05, 0) is 37.5 Å². The third kappa shape index (κ3) is 5.94. The van der Waals surface area contributed by atoms with E-state index in [9.17, 15) is 4.79 Å². The number of carbonyl (C=O) groups excluding carboxylic acids is 1. The maximum atomic E-state index is 11.9. The van der Waals surface area contributed by atoms with E-state index in [2.05, 4.69) is 5.32 Å². The van der Waals surface area contributed by atoms with Crippen LogP contribution in [-0.4, -0.2) is 37.2 Å². The number of nitrogen functional groups attached to an aromatic ring is 1. The third-order valence-electron chi connectivity index (χ3n) is 3.32. The molecule has 0 radical (unpaired) electrons. The molecule has 1 amide bonds. The van der Waals surface area contributed by atoms with E-state index in [1.54, 1.807) is 37.1 Å². The minimum atomic E-state index is -0.0274. The second kappa shape index (κ2) is 9.82. The van der Waals surface area contributed by atoms with Gasteiger partial charge in [0.15, 0.2) is 0 Å². The Labute approximate surface area is 141 Å². The summed E-state index contributed by atoms with van der Waals surface area (Å²) in [6, 6.07) is 5.22. The molecule has 1 unspecified atom stereocenters. The predicted molar refractivity (Wildman–Crippen MR) is 94.2 cm³/mol. The number of benzene rings is 1. The average Bonchev–Trinajstić information content (AvgIpc) is 2.48. The summed E-state index contributed by atoms with van der Waals surface area (Å²) in [6.07, 6.45) is 3.78. The summed E-state index contributed by atoms with van der Waals surface area (Å²) in [6.45, 7) is 0.850. The van der Waals surface area contributed by atoms with Crippen molar-refractivity contribution in [1.29, 1.82) is 0 Å². The Morgan fingerprint density at radius 1 is 1.50 bits per heavy atom. The number of methoxy groups -OCH3 is 1. The molecule has 1 fully saturated rings. The van der Waals surface area contributed by atoms with E-state index in [-0.39, 0.29) is 18.3 Å². The van der Waals surface area contributed by atoms with Crippen LogP contribution in [0.1, 0.15) is 19.3 Å². The maximum absolute atomic E-state index is 11.9. The Kier molecular flexibility index (Phi) is 8.45. The van der Waals surface area contributed by atoms with Crippen LogP contribution in [0.4, 0.5) is 11.4 Å². The number of nitrogens with one attached hydrogen (secondary N) is 1. The second-order valence-electron chi connectivity index (χ2n) is 5.01. The van der Waals surface area contributed by atoms with E-state index in [1.807, 2.05) is 0 Å². The Hall–Kier alpha value is -1.11. The SMILES string of the molecule is COc1ccc(NC(=O)CSCC2CCCCO2)cc1N.Cl. The quantitative estimate of drug-likeness (QED) is 0.775. The Balaban J connectivity index is 0.00000242. The number of hydrogen-bond acceptors (Lipinski definition) is 5. The third-order valence-corrected chi connectivity index (χ3v) is 4.40. The van der Waals surface area contributed by atoms with Gasteiger partial charge in [0, 0.05) is 18.0 Å². The number of nitrogens with two attached hydrogens (primary N) is 1. The topological polar surface area (TPSA) is 73.6 Å². The van der Waals surface area contributed by atoms with Gasteiger partial charge in [0.05, 0.1) is 24.7 Å². The number of hydrogen-bond donors (Lipinski definition) is 2. The van der Waals surface area contributed by atoms with E-state index in [0.29, 0.717) is 29.0 Å². The second-order valence-corrected chi connectivity index (χ2v) is 6.04. The lowest BCUT2D eigenvalue weighted by molar-refractivity contribution is -0.113. The van der Waals surface area contributed by atoms with Gasteiger partial charge in [0.25, 0.3) is 0 Å². The molecule has 1 aromatic carbocycles. The fourth-order valence-corrected chi connectivity index (χ4v) is 3.13. The first-order valence-corrected chi connectivity index (χ1v) is 8.27. The van der Waals surface area contributed by atoms with Gasteiger partial charge in [-0.3, -0.25) is 4.79 Å². The molecule has 2 rings (SSSR count). The molecule has 1 saturated heterocycles. The normalized spacial score (nSPS) is 17.4. The highest BCUT2D eigenvalue weighted by Gasteiger charge is 2.14. The Bertz CT molecular complexity index is 482. The van der Waals surface area contributed by atoms with Crippen molar-refractivity contribution in [2.45, 2.75) is 25.4 Å². The number of amides is 1. The summed E-state index contributed by atoms with van der Waals surface area (Å²) in [5.74, 6) is 1.88. The fourth-order valence-electron chi connectivity index (χ4n) is 2.23. The van der Waals surface area contributed by atoms with E-state index in [1.165, 1.54) is 6.42 Å². The number of ether oxygens (including phenoxy) is 2. The molecule has 124 valence electrons. The van der Waals surface area contributed by atoms with Gasteiger partial charge in [0.2, 0.25) is 5.91 Å². The molecular formula is C15H23ClN2O3S. The Morgan fingerprint density at radius 3 is 2.95 bits per heavy atom. The van der Waals surface area contributed by atoms with Crippen molar-refractivity contribution < 1.29 is 14.3 Å². The molecule has 1 aliphatic rings. The summed E-state index contributed by atoms with van der Waals surface area (Å²) in [5, 5.41) is 2.84. The molecule has 7 heteroatoms. The number of rotatable bonds is 6. The van der Waals surface area contributed by atoms with E-state index < -0.39 is 0 Å². The summed E-state index contributed by atoms with van der Waals surface area (Å²) in [7, 11) is 1.56. The van der Waals surface area contributed by atoms with Crippen LogP contribution in [0.5, 0.6) is 5.75 Å². The van der Waals surface area contributed by atoms with Crippen LogP contribution in [0.25, 0.3) is 0 Å². The number of carbonyl (C=O) groups is 1. The molecule has 1 atom stereocenters. The van der Waals surface area contributed by atoms with Crippen molar-refractivity contribution >= 4 is 41.5 Å². The lowest BCUT2D eigenvalue weighted by atomic mass is 10.1. The lowest BCUT2D eigenvalue weighted by Crippen LogP contribution is -2.23. The van der Waals surface area contributed by atoms with Gasteiger partial charge in [0.1, 0.15) is 5.75 Å². The standard InChI is InChI=1S/C15H22N2O3S.ClH/c1-19-14-6-5-11(8-13(14)16)17-15(18)10-21-9-12-4-2-3-7-20-12;/h5-6,8,12H,2-4,7,9-10,16H2,1H3,(H,17,18);1H. The Morgan fingerprint density at radius 2 is 2.32 bits per heavy atom. The highest BCUT2D eigenvalue weighted by molar-refractivity contribution is 8.00. The van der Waals surface area contributed by atoms with Crippen LogP contribution >= 0.6 is 24.2 Å². The zero-order chi connectivity index (χ0) is 15.1. The first kappa shape index (κ1) is 18.9. The van der Waals surface area contributed by atoms with Crippen molar-refractivity contribution in [3.05, 3.63) is 18.2 Å². The van der Waals surface area contributed by atoms with Crippen LogP contribution in [0.15, 0.2) is 18.2 Å². The smallest absolute Gasteiger partial charge is 0.234 e. The number of halogens is 1. The molecule has 0 saturated carbocycles. The van der Waals surface area contributed by atoms with Crippen molar-refractivity contribution in [2.75, 3.05) is 36.3 Å². The van der Waals surface area contributed by atoms with Gasteiger partial charge >= 0.3 is 0 Å². The summed E-state index contributed by atoms with van der Waals surface area (Å²) >= 11 is 1.61. The molecule has 1 aromatic rings. The largest absolute Gasteiger partial charge is 0.495 e. The highest BCUT2D eigenvalue weighted by atomic mass is 35.5. The van der Waals surface area contributed by atoms with Crippen LogP contribution in [0.2, 0.25) is 0 Å². The van der Waals surface area contributed by atoms with Crippen molar-refractivity contribution in [1.82, 2.24) is 0 Å². The summed E-state index contributed by atoms with van der Waals surface area (Å²) in [5.41, 5.74) is 7.01. The zero-order valence-corrected chi connectivity index (χ0v) is 14.3. The number of anilines is 2. The zero-order valence-electron chi connectivity index (χ0n) is 12.7. The predicted octanol–water partition coefficient (Wildman–Crippen LogP) is 2.94. The molecule has 1 heterocycles. The van der Waals surface area contributed by atoms with E-state index >= 15 is 0 Å². The monoisotopic (exact) mass is 346 g/mol. The average molecular weight is 347 g/mol. The molecule has 0 aromatic heterocycles. The van der Waals surface area contributed by atoms with Gasteiger partial charge in [-0.2, -0.15) is 0 Å². The fraction of sp³-hybridized carbons (Fsp3) is 0.533. The van der Waals surface area contributed by atoms with Crippen molar-refractivity contribution in [3.8, 4) is 5.75 Å². The van der Waals surface area contributed by atoms with Crippen LogP contribution in [-0.2, 0) is 9.53 Å². The van der Waals surface area contributed by atoms with Gasteiger partial charge in [-0.25, -0.2) is 0 Å². The van der Waals surface area contributed by atoms with Crippen LogP contribution in [0, 0.1) is 0 Å². The van der Waals surface area contributed by atoms with E-state index in [4.69, 9.17) is 15.2 Å². The van der Waals surface area contributed by atoms with Gasteiger partial charge in [-0.15, -0.1) is 24.2 Å². The lowest BCUT2D eigenvalue weighted by Gasteiger charge is -2.21. The van der Waals surface area contributed by atoms with E-state index in [0.717, 1.165) is 25.2 Å². The molecule has 3 N–H and O–H groups in total. The van der Waals surface area contributed by atoms with Gasteiger partial charge < -0.3 is 20.5 Å². The van der Waals surface area contributed by atoms with Crippen LogP contribution < -0.4 is 15.8 Å². The number of thioether (sulfide) groups is 1. The van der Waals surface area contributed by atoms with Crippen molar-refractivity contribution in [2.24, 2.45) is 0 Å². The first-order chi connectivity index (χ1) is 10.2. The molecule has 0 spiro atoms. The molecule has 5 nitrogen and oxygen atoms in total. The molecule has 0 bridgehead atoms. The highest BCUT2D eigenvalue weighted by Crippen LogP contribution is 2.24. The minimum absolute atomic E-state index is 0. The molecule has 22 heavy (non-hydrogen) atoms. The first-order valence-electron chi connectivity index (χ1n) is 7.11. The summed E-state index contributed by atoms with van der Waals surface area (Å²) in [4.78, 5) is 11.9. The van der Waals surface area contributed by atoms with Gasteiger partial charge in [-0.1, -0.05) is 0 Å². The molecular weight excluding hydrogens is 324 g/mol. The summed E-state index contributed by atoms with van der Waals surface area (Å²) < 4.78 is 10.7. The minimum Gasteiger partial charge on any atom is -0.495 e. The van der Waals surface area contributed by atoms with Crippen molar-refractivity contribution in [3.63, 3.8) is 0 Å². The maximum Gasteiger partial charge on any atom is 0.234 e. The molecule has 0 aliphatic carbocycles. The van der Waals surface area contributed by atoms with Crippen LogP contribution in [0.3, 0.4) is 0 Å². The molecule has 1 aliphatic heterocycles.